The zero-order chi connectivity index (χ0) is 27.2. The summed E-state index contributed by atoms with van der Waals surface area (Å²) in [5, 5.41) is 2.60. The molecule has 2 aliphatic heterocycles. The Morgan fingerprint density at radius 2 is 1.82 bits per heavy atom. The quantitative estimate of drug-likeness (QED) is 0.256. The molecule has 0 aromatic heterocycles. The van der Waals surface area contributed by atoms with Crippen molar-refractivity contribution in [1.29, 1.82) is 0 Å². The number of anilines is 2. The van der Waals surface area contributed by atoms with Gasteiger partial charge in [0.25, 0.3) is 5.91 Å². The van der Waals surface area contributed by atoms with E-state index in [0.717, 1.165) is 0 Å². The van der Waals surface area contributed by atoms with E-state index >= 15 is 4.39 Å². The van der Waals surface area contributed by atoms with E-state index in [1.807, 2.05) is 11.0 Å². The lowest BCUT2D eigenvalue weighted by Gasteiger charge is -2.36. The van der Waals surface area contributed by atoms with E-state index in [0.29, 0.717) is 30.0 Å². The maximum absolute atomic E-state index is 15.1. The van der Waals surface area contributed by atoms with Crippen LogP contribution >= 0.6 is 0 Å². The number of amides is 3. The summed E-state index contributed by atoms with van der Waals surface area (Å²) in [5.41, 5.74) is 1.32. The molecule has 2 heterocycles. The first-order chi connectivity index (χ1) is 18.3. The molecule has 0 saturated carbocycles. The third-order valence-corrected chi connectivity index (χ3v) is 6.35. The molecule has 0 bridgehead atoms. The fourth-order valence-corrected chi connectivity index (χ4v) is 4.37. The van der Waals surface area contributed by atoms with E-state index in [2.05, 4.69) is 5.32 Å². The van der Waals surface area contributed by atoms with E-state index in [-0.39, 0.29) is 37.7 Å². The van der Waals surface area contributed by atoms with Crippen molar-refractivity contribution in [3.8, 4) is 0 Å². The number of methoxy groups -OCH3 is 1. The van der Waals surface area contributed by atoms with Gasteiger partial charge in [0, 0.05) is 33.1 Å². The molecule has 3 amide bonds. The van der Waals surface area contributed by atoms with Crippen molar-refractivity contribution in [2.75, 3.05) is 56.2 Å². The molecule has 0 radical (unpaired) electrons. The van der Waals surface area contributed by atoms with Crippen molar-refractivity contribution in [3.63, 3.8) is 0 Å². The highest BCUT2D eigenvalue weighted by Crippen LogP contribution is 2.29. The molecule has 4 rings (SSSR count). The predicted molar refractivity (Wildman–Crippen MR) is 138 cm³/mol. The Morgan fingerprint density at radius 1 is 1.11 bits per heavy atom. The van der Waals surface area contributed by atoms with Crippen molar-refractivity contribution >= 4 is 41.3 Å². The van der Waals surface area contributed by atoms with Gasteiger partial charge in [0.2, 0.25) is 5.91 Å². The molecule has 2 fully saturated rings. The summed E-state index contributed by atoms with van der Waals surface area (Å²) in [6, 6.07) is 13.5. The van der Waals surface area contributed by atoms with E-state index in [9.17, 15) is 19.2 Å². The molecule has 38 heavy (non-hydrogen) atoms. The van der Waals surface area contributed by atoms with Crippen LogP contribution in [0.4, 0.5) is 20.6 Å². The van der Waals surface area contributed by atoms with Gasteiger partial charge in [-0.1, -0.05) is 30.3 Å². The number of nitrogens with zero attached hydrogens (tertiary/aromatic N) is 3. The number of nitrogens with one attached hydrogen (secondary N) is 1. The normalized spacial score (nSPS) is 17.8. The number of carbonyl (C=O) groups is 4. The molecular formula is C27H29FN4O6. The Bertz CT molecular complexity index is 1240. The lowest BCUT2D eigenvalue weighted by atomic mass is 10.1. The van der Waals surface area contributed by atoms with Gasteiger partial charge >= 0.3 is 12.1 Å². The van der Waals surface area contributed by atoms with E-state index < -0.39 is 29.9 Å². The highest BCUT2D eigenvalue weighted by atomic mass is 19.1. The highest BCUT2D eigenvalue weighted by molar-refractivity contribution is 6.19. The van der Waals surface area contributed by atoms with Crippen LogP contribution in [0.2, 0.25) is 0 Å². The molecule has 1 N–H and O–H groups in total. The Balaban J connectivity index is 1.40. The van der Waals surface area contributed by atoms with Crippen LogP contribution in [0.5, 0.6) is 0 Å². The first-order valence-corrected chi connectivity index (χ1v) is 12.2. The standard InChI is InChI=1S/C27H29FN4O6/c1-18(33)29-16-21-17-32(27(36)38-21)20-8-9-24(23(28)15-20)30-10-12-31(13-11-30)25(34)22(26(35)37-2)14-19-6-4-3-5-7-19/h3-9,14-15,21H,10-13,16-17H2,1-2H3,(H,29,33). The number of benzene rings is 2. The lowest BCUT2D eigenvalue weighted by Crippen LogP contribution is -2.50. The summed E-state index contributed by atoms with van der Waals surface area (Å²) in [5.74, 6) is -1.91. The number of rotatable bonds is 7. The maximum Gasteiger partial charge on any atom is 0.414 e. The van der Waals surface area contributed by atoms with Gasteiger partial charge < -0.3 is 24.6 Å². The van der Waals surface area contributed by atoms with Gasteiger partial charge in [0.1, 0.15) is 17.5 Å². The summed E-state index contributed by atoms with van der Waals surface area (Å²) >= 11 is 0. The zero-order valence-electron chi connectivity index (χ0n) is 21.2. The monoisotopic (exact) mass is 524 g/mol. The predicted octanol–water partition coefficient (Wildman–Crippen LogP) is 2.19. The van der Waals surface area contributed by atoms with Crippen molar-refractivity contribution < 1.29 is 33.0 Å². The molecular weight excluding hydrogens is 495 g/mol. The van der Waals surface area contributed by atoms with Crippen LogP contribution in [0, 0.1) is 5.82 Å². The molecule has 0 spiro atoms. The maximum atomic E-state index is 15.1. The van der Waals surface area contributed by atoms with Crippen LogP contribution in [-0.2, 0) is 23.9 Å². The fourth-order valence-electron chi connectivity index (χ4n) is 4.37. The second kappa shape index (κ2) is 11.8. The van der Waals surface area contributed by atoms with E-state index in [1.54, 1.807) is 41.3 Å². The average Bonchev–Trinajstić information content (AvgIpc) is 3.30. The Labute approximate surface area is 219 Å². The molecule has 2 saturated heterocycles. The van der Waals surface area contributed by atoms with E-state index in [4.69, 9.17) is 9.47 Å². The third kappa shape index (κ3) is 6.10. The van der Waals surface area contributed by atoms with Gasteiger partial charge in [-0.2, -0.15) is 0 Å². The number of hydrogen-bond acceptors (Lipinski definition) is 7. The van der Waals surface area contributed by atoms with Gasteiger partial charge in [-0.15, -0.1) is 0 Å². The van der Waals surface area contributed by atoms with Gasteiger partial charge in [0.05, 0.1) is 31.6 Å². The fraction of sp³-hybridized carbons (Fsp3) is 0.333. The molecule has 200 valence electrons. The second-order valence-electron chi connectivity index (χ2n) is 8.93. The number of ether oxygens (including phenoxy) is 2. The molecule has 0 aliphatic carbocycles. The topological polar surface area (TPSA) is 108 Å². The Kier molecular flexibility index (Phi) is 8.25. The highest BCUT2D eigenvalue weighted by Gasteiger charge is 2.33. The molecule has 2 aromatic rings. The largest absolute Gasteiger partial charge is 0.465 e. The SMILES string of the molecule is COC(=O)C(=Cc1ccccc1)C(=O)N1CCN(c2ccc(N3CC(CNC(C)=O)OC3=O)cc2F)CC1. The number of esters is 1. The van der Waals surface area contributed by atoms with Crippen molar-refractivity contribution in [2.24, 2.45) is 0 Å². The lowest BCUT2D eigenvalue weighted by molar-refractivity contribution is -0.140. The number of carbonyl (C=O) groups excluding carboxylic acids is 4. The van der Waals surface area contributed by atoms with Crippen LogP contribution < -0.4 is 15.1 Å². The number of hydrogen-bond donors (Lipinski definition) is 1. The third-order valence-electron chi connectivity index (χ3n) is 6.35. The van der Waals surface area contributed by atoms with Gasteiger partial charge in [0.15, 0.2) is 0 Å². The van der Waals surface area contributed by atoms with Crippen LogP contribution in [-0.4, -0.2) is 81.3 Å². The Morgan fingerprint density at radius 3 is 2.45 bits per heavy atom. The molecule has 1 atom stereocenters. The van der Waals surface area contributed by atoms with Gasteiger partial charge in [-0.05, 0) is 29.8 Å². The van der Waals surface area contributed by atoms with Gasteiger partial charge in [-0.25, -0.2) is 14.0 Å². The first kappa shape index (κ1) is 26.6. The van der Waals surface area contributed by atoms with Crippen molar-refractivity contribution in [2.45, 2.75) is 13.0 Å². The molecule has 2 aromatic carbocycles. The molecule has 1 unspecified atom stereocenters. The summed E-state index contributed by atoms with van der Waals surface area (Å²) in [4.78, 5) is 53.5. The average molecular weight is 525 g/mol. The smallest absolute Gasteiger partial charge is 0.414 e. The van der Waals surface area contributed by atoms with Crippen LogP contribution in [0.25, 0.3) is 6.08 Å². The number of cyclic esters (lactones) is 1. The van der Waals surface area contributed by atoms with Crippen LogP contribution in [0.1, 0.15) is 12.5 Å². The molecule has 10 nitrogen and oxygen atoms in total. The summed E-state index contributed by atoms with van der Waals surface area (Å²) in [6.07, 6.45) is 0.374. The minimum atomic E-state index is -0.720. The van der Waals surface area contributed by atoms with Crippen molar-refractivity contribution in [3.05, 3.63) is 65.5 Å². The first-order valence-electron chi connectivity index (χ1n) is 12.2. The zero-order valence-corrected chi connectivity index (χ0v) is 21.2. The minimum Gasteiger partial charge on any atom is -0.465 e. The summed E-state index contributed by atoms with van der Waals surface area (Å²) in [6.45, 7) is 3.02. The van der Waals surface area contributed by atoms with Gasteiger partial charge in [-0.3, -0.25) is 14.5 Å². The second-order valence-corrected chi connectivity index (χ2v) is 8.93. The van der Waals surface area contributed by atoms with Crippen LogP contribution in [0.3, 0.4) is 0 Å². The minimum absolute atomic E-state index is 0.0722. The summed E-state index contributed by atoms with van der Waals surface area (Å²) in [7, 11) is 1.23. The molecule has 11 heteroatoms. The Hall–Kier alpha value is -4.41. The number of halogens is 1. The summed E-state index contributed by atoms with van der Waals surface area (Å²) < 4.78 is 25.2. The number of piperazine rings is 1. The van der Waals surface area contributed by atoms with Crippen molar-refractivity contribution in [1.82, 2.24) is 10.2 Å². The van der Waals surface area contributed by atoms with Crippen LogP contribution in [0.15, 0.2) is 54.1 Å². The van der Waals surface area contributed by atoms with E-state index in [1.165, 1.54) is 31.1 Å². The molecule has 2 aliphatic rings.